The van der Waals surface area contributed by atoms with Gasteiger partial charge in [-0.3, -0.25) is 0 Å². The highest BCUT2D eigenvalue weighted by Gasteiger charge is 2.24. The lowest BCUT2D eigenvalue weighted by atomic mass is 10.1. The summed E-state index contributed by atoms with van der Waals surface area (Å²) in [7, 11) is 1.55. The maximum atomic E-state index is 13.5. The second kappa shape index (κ2) is 9.83. The van der Waals surface area contributed by atoms with E-state index >= 15 is 0 Å². The van der Waals surface area contributed by atoms with Gasteiger partial charge in [0.2, 0.25) is 5.90 Å². The van der Waals surface area contributed by atoms with Crippen LogP contribution < -0.4 is 9.47 Å². The first-order chi connectivity index (χ1) is 15.4. The molecule has 0 aromatic heterocycles. The molecule has 0 N–H and O–H groups in total. The van der Waals surface area contributed by atoms with Crippen LogP contribution in [0.25, 0.3) is 6.08 Å². The van der Waals surface area contributed by atoms with Gasteiger partial charge in [-0.05, 0) is 82.3 Å². The van der Waals surface area contributed by atoms with E-state index < -0.39 is 11.8 Å². The molecule has 0 saturated heterocycles. The molecule has 1 heterocycles. The van der Waals surface area contributed by atoms with Gasteiger partial charge in [0.1, 0.15) is 12.4 Å². The maximum Gasteiger partial charge on any atom is 0.363 e. The molecule has 4 rings (SSSR count). The molecule has 8 heteroatoms. The second-order valence-corrected chi connectivity index (χ2v) is 8.88. The van der Waals surface area contributed by atoms with Crippen LogP contribution in [-0.4, -0.2) is 19.0 Å². The third-order valence-electron chi connectivity index (χ3n) is 4.52. The molecular weight excluding hydrogens is 592 g/mol. The number of rotatable bonds is 6. The van der Waals surface area contributed by atoms with Gasteiger partial charge in [0.25, 0.3) is 0 Å². The highest BCUT2D eigenvalue weighted by molar-refractivity contribution is 14.1. The van der Waals surface area contributed by atoms with Crippen molar-refractivity contribution >= 4 is 56.5 Å². The van der Waals surface area contributed by atoms with E-state index in [1.54, 1.807) is 25.3 Å². The number of cyclic esters (lactones) is 1. The Kier molecular flexibility index (Phi) is 6.90. The Morgan fingerprint density at radius 2 is 1.97 bits per heavy atom. The van der Waals surface area contributed by atoms with Gasteiger partial charge in [-0.25, -0.2) is 14.2 Å². The summed E-state index contributed by atoms with van der Waals surface area (Å²) in [5.41, 5.74) is 2.21. The summed E-state index contributed by atoms with van der Waals surface area (Å²) in [6.45, 7) is 0.375. The van der Waals surface area contributed by atoms with Crippen molar-refractivity contribution in [2.24, 2.45) is 4.99 Å². The lowest BCUT2D eigenvalue weighted by molar-refractivity contribution is -0.129. The van der Waals surface area contributed by atoms with E-state index in [9.17, 15) is 9.18 Å². The summed E-state index contributed by atoms with van der Waals surface area (Å²) in [5, 5.41) is 0. The van der Waals surface area contributed by atoms with Gasteiger partial charge >= 0.3 is 5.97 Å². The molecule has 0 atom stereocenters. The highest BCUT2D eigenvalue weighted by atomic mass is 127. The van der Waals surface area contributed by atoms with E-state index in [0.717, 1.165) is 13.6 Å². The maximum absolute atomic E-state index is 13.5. The molecule has 0 radical (unpaired) electrons. The van der Waals surface area contributed by atoms with Crippen LogP contribution in [0.1, 0.15) is 16.7 Å². The molecule has 0 amide bonds. The summed E-state index contributed by atoms with van der Waals surface area (Å²) in [6, 6.07) is 17.2. The lowest BCUT2D eigenvalue weighted by Gasteiger charge is -2.14. The predicted octanol–water partition coefficient (Wildman–Crippen LogP) is 6.12. The van der Waals surface area contributed by atoms with Crippen molar-refractivity contribution in [3.63, 3.8) is 0 Å². The first-order valence-corrected chi connectivity index (χ1v) is 11.3. The number of hydrogen-bond donors (Lipinski definition) is 0. The molecule has 1 aliphatic rings. The minimum atomic E-state index is -0.604. The van der Waals surface area contributed by atoms with E-state index in [1.165, 1.54) is 18.2 Å². The van der Waals surface area contributed by atoms with E-state index in [0.29, 0.717) is 29.2 Å². The molecule has 0 aliphatic carbocycles. The summed E-state index contributed by atoms with van der Waals surface area (Å²) in [4.78, 5) is 16.5. The number of carbonyl (C=O) groups is 1. The minimum absolute atomic E-state index is 0.0661. The smallest absolute Gasteiger partial charge is 0.363 e. The van der Waals surface area contributed by atoms with Crippen molar-refractivity contribution in [1.82, 2.24) is 0 Å². The fraction of sp³-hybridized carbons (Fsp3) is 0.0833. The number of benzene rings is 3. The normalized spacial score (nSPS) is 14.3. The second-order valence-electron chi connectivity index (χ2n) is 6.80. The summed E-state index contributed by atoms with van der Waals surface area (Å²) in [5.74, 6) is 0.161. The third kappa shape index (κ3) is 5.18. The largest absolute Gasteiger partial charge is 0.493 e. The average Bonchev–Trinajstić information content (AvgIpc) is 3.13. The molecule has 32 heavy (non-hydrogen) atoms. The SMILES string of the molecule is COc1cc(/C=C2\N=C(c3cccc(F)c3)OC2=O)cc(I)c1OCc1cccc(Br)c1. The summed E-state index contributed by atoms with van der Waals surface area (Å²) in [6.07, 6.45) is 1.59. The Balaban J connectivity index is 1.59. The molecule has 0 saturated carbocycles. The fourth-order valence-corrected chi connectivity index (χ4v) is 4.29. The zero-order valence-corrected chi connectivity index (χ0v) is 20.5. The van der Waals surface area contributed by atoms with Crippen LogP contribution in [0.3, 0.4) is 0 Å². The summed E-state index contributed by atoms with van der Waals surface area (Å²) >= 11 is 5.61. The van der Waals surface area contributed by atoms with Gasteiger partial charge in [0, 0.05) is 10.0 Å². The van der Waals surface area contributed by atoms with Crippen molar-refractivity contribution < 1.29 is 23.4 Å². The van der Waals surface area contributed by atoms with E-state index in [1.807, 2.05) is 30.3 Å². The van der Waals surface area contributed by atoms with Gasteiger partial charge in [-0.2, -0.15) is 0 Å². The number of ether oxygens (including phenoxy) is 3. The first-order valence-electron chi connectivity index (χ1n) is 9.46. The lowest BCUT2D eigenvalue weighted by Crippen LogP contribution is -2.05. The molecule has 5 nitrogen and oxygen atoms in total. The van der Waals surface area contributed by atoms with Crippen molar-refractivity contribution in [1.29, 1.82) is 0 Å². The topological polar surface area (TPSA) is 57.1 Å². The van der Waals surface area contributed by atoms with Crippen molar-refractivity contribution in [2.75, 3.05) is 7.11 Å². The minimum Gasteiger partial charge on any atom is -0.493 e. The monoisotopic (exact) mass is 607 g/mol. The van der Waals surface area contributed by atoms with Crippen LogP contribution in [0.2, 0.25) is 0 Å². The number of halogens is 3. The predicted molar refractivity (Wildman–Crippen MR) is 131 cm³/mol. The van der Waals surface area contributed by atoms with Crippen LogP contribution in [-0.2, 0) is 16.1 Å². The van der Waals surface area contributed by atoms with Gasteiger partial charge < -0.3 is 14.2 Å². The van der Waals surface area contributed by atoms with Gasteiger partial charge in [-0.15, -0.1) is 0 Å². The summed E-state index contributed by atoms with van der Waals surface area (Å²) < 4.78 is 32.0. The van der Waals surface area contributed by atoms with Crippen LogP contribution in [0.4, 0.5) is 4.39 Å². The van der Waals surface area contributed by atoms with Gasteiger partial charge in [-0.1, -0.05) is 34.1 Å². The first kappa shape index (κ1) is 22.5. The van der Waals surface area contributed by atoms with Gasteiger partial charge in [0.05, 0.1) is 10.7 Å². The Morgan fingerprint density at radius 1 is 1.16 bits per heavy atom. The third-order valence-corrected chi connectivity index (χ3v) is 5.81. The Morgan fingerprint density at radius 3 is 2.72 bits per heavy atom. The number of methoxy groups -OCH3 is 1. The van der Waals surface area contributed by atoms with Crippen LogP contribution in [0.5, 0.6) is 11.5 Å². The molecule has 0 unspecified atom stereocenters. The van der Waals surface area contributed by atoms with Crippen LogP contribution >= 0.6 is 38.5 Å². The van der Waals surface area contributed by atoms with Crippen LogP contribution in [0, 0.1) is 9.39 Å². The molecule has 3 aromatic rings. The van der Waals surface area contributed by atoms with Crippen molar-refractivity contribution in [3.8, 4) is 11.5 Å². The zero-order valence-electron chi connectivity index (χ0n) is 16.8. The highest BCUT2D eigenvalue weighted by Crippen LogP contribution is 2.35. The molecular formula is C24H16BrFINO4. The van der Waals surface area contributed by atoms with E-state index in [2.05, 4.69) is 43.5 Å². The number of aliphatic imine (C=N–C) groups is 1. The molecule has 3 aromatic carbocycles. The number of hydrogen-bond acceptors (Lipinski definition) is 5. The molecule has 0 bridgehead atoms. The van der Waals surface area contributed by atoms with Crippen molar-refractivity contribution in [3.05, 3.63) is 96.9 Å². The Labute approximate surface area is 206 Å². The van der Waals surface area contributed by atoms with Gasteiger partial charge in [0.15, 0.2) is 17.2 Å². The molecule has 0 spiro atoms. The van der Waals surface area contributed by atoms with Crippen molar-refractivity contribution in [2.45, 2.75) is 6.61 Å². The molecule has 1 aliphatic heterocycles. The molecule has 162 valence electrons. The fourth-order valence-electron chi connectivity index (χ4n) is 3.06. The Hall–Kier alpha value is -2.72. The number of esters is 1. The quantitative estimate of drug-likeness (QED) is 0.192. The van der Waals surface area contributed by atoms with E-state index in [-0.39, 0.29) is 11.6 Å². The van der Waals surface area contributed by atoms with E-state index in [4.69, 9.17) is 14.2 Å². The zero-order chi connectivity index (χ0) is 22.7. The van der Waals surface area contributed by atoms with Crippen LogP contribution in [0.15, 0.2) is 75.8 Å². The number of nitrogens with zero attached hydrogens (tertiary/aromatic N) is 1. The standard InChI is InChI=1S/C24H16BrFINO4/c1-30-21-11-15(9-19(27)22(21)31-13-14-4-2-6-17(25)8-14)10-20-24(29)32-23(28-20)16-5-3-7-18(26)12-16/h2-12H,13H2,1H3/b20-10-. The Bertz CT molecular complexity index is 1260. The molecule has 0 fully saturated rings. The average molecular weight is 608 g/mol. The number of carbonyl (C=O) groups excluding carboxylic acids is 1.